The van der Waals surface area contributed by atoms with E-state index in [1.165, 1.54) is 17.0 Å². The van der Waals surface area contributed by atoms with Gasteiger partial charge in [0.1, 0.15) is 12.2 Å². The van der Waals surface area contributed by atoms with Crippen LogP contribution in [0.15, 0.2) is 40.2 Å². The number of amides is 1. The molecule has 8 heteroatoms. The van der Waals surface area contributed by atoms with E-state index in [1.807, 2.05) is 19.2 Å². The van der Waals surface area contributed by atoms with Crippen molar-refractivity contribution >= 4 is 44.5 Å². The number of rotatable bonds is 6. The van der Waals surface area contributed by atoms with Crippen molar-refractivity contribution in [3.05, 3.63) is 55.2 Å². The Balaban J connectivity index is 1.94. The number of benzene rings is 1. The number of thiophene rings is 1. The van der Waals surface area contributed by atoms with Gasteiger partial charge in [0.05, 0.1) is 20.6 Å². The molecule has 6 nitrogen and oxygen atoms in total. The Morgan fingerprint density at radius 1 is 1.36 bits per heavy atom. The summed E-state index contributed by atoms with van der Waals surface area (Å²) in [7, 11) is 1.91. The first kappa shape index (κ1) is 16.6. The molecule has 0 aliphatic heterocycles. The summed E-state index contributed by atoms with van der Waals surface area (Å²) in [5, 5.41) is 13.5. The Hall–Kier alpha value is -1.77. The van der Waals surface area contributed by atoms with Crippen LogP contribution in [0, 0.1) is 10.1 Å². The fraction of sp³-hybridized carbons (Fsp3) is 0.214. The zero-order valence-electron chi connectivity index (χ0n) is 11.8. The van der Waals surface area contributed by atoms with E-state index < -0.39 is 4.92 Å². The van der Waals surface area contributed by atoms with Gasteiger partial charge in [-0.3, -0.25) is 14.9 Å². The second-order valence-electron chi connectivity index (χ2n) is 4.84. The van der Waals surface area contributed by atoms with Crippen molar-refractivity contribution in [2.24, 2.45) is 0 Å². The number of carbonyl (C=O) groups excluding carboxylic acids is 1. The second kappa shape index (κ2) is 7.48. The van der Waals surface area contributed by atoms with Gasteiger partial charge in [0.2, 0.25) is 0 Å². The minimum atomic E-state index is -0.505. The molecule has 0 bridgehead atoms. The third-order valence-corrected chi connectivity index (χ3v) is 4.57. The second-order valence-corrected chi connectivity index (χ2v) is 7.39. The number of para-hydroxylation sites is 2. The molecule has 1 heterocycles. The van der Waals surface area contributed by atoms with Crippen LogP contribution in [-0.4, -0.2) is 24.4 Å². The molecule has 116 valence electrons. The molecular formula is C14H15BrN3O3S+. The van der Waals surface area contributed by atoms with Crippen LogP contribution in [0.4, 0.5) is 11.4 Å². The summed E-state index contributed by atoms with van der Waals surface area (Å²) in [4.78, 5) is 24.6. The molecule has 2 rings (SSSR count). The Morgan fingerprint density at radius 3 is 2.73 bits per heavy atom. The predicted molar refractivity (Wildman–Crippen MR) is 89.2 cm³/mol. The third kappa shape index (κ3) is 4.62. The summed E-state index contributed by atoms with van der Waals surface area (Å²) in [5.41, 5.74) is 0.125. The normalized spacial score (nSPS) is 11.9. The molecule has 22 heavy (non-hydrogen) atoms. The third-order valence-electron chi connectivity index (χ3n) is 2.94. The van der Waals surface area contributed by atoms with Crippen molar-refractivity contribution in [3.8, 4) is 0 Å². The first-order valence-electron chi connectivity index (χ1n) is 6.54. The first-order valence-corrected chi connectivity index (χ1v) is 8.15. The fourth-order valence-electron chi connectivity index (χ4n) is 2.01. The topological polar surface area (TPSA) is 76.7 Å². The maximum Gasteiger partial charge on any atom is 0.292 e. The molecule has 0 saturated heterocycles. The average molecular weight is 385 g/mol. The molecule has 1 atom stereocenters. The van der Waals surface area contributed by atoms with Gasteiger partial charge in [0.25, 0.3) is 11.6 Å². The van der Waals surface area contributed by atoms with E-state index in [9.17, 15) is 14.9 Å². The monoisotopic (exact) mass is 384 g/mol. The standard InChI is InChI=1S/C14H14BrN3O3S/c1-17(8-10-6-7-13(15)22-10)9-14(19)16-11-4-2-3-5-12(11)18(20)21/h2-7H,8-9H2,1H3,(H,16,19)/p+1. The highest BCUT2D eigenvalue weighted by atomic mass is 79.9. The number of hydrogen-bond acceptors (Lipinski definition) is 4. The zero-order valence-corrected chi connectivity index (χ0v) is 14.2. The lowest BCUT2D eigenvalue weighted by molar-refractivity contribution is -0.884. The predicted octanol–water partition coefficient (Wildman–Crippen LogP) is 2.07. The Morgan fingerprint density at radius 2 is 2.09 bits per heavy atom. The van der Waals surface area contributed by atoms with Gasteiger partial charge < -0.3 is 10.2 Å². The van der Waals surface area contributed by atoms with Crippen molar-refractivity contribution < 1.29 is 14.6 Å². The quantitative estimate of drug-likeness (QED) is 0.591. The lowest BCUT2D eigenvalue weighted by atomic mass is 10.2. The number of quaternary nitrogens is 1. The fourth-order valence-corrected chi connectivity index (χ4v) is 3.61. The van der Waals surface area contributed by atoms with Crippen molar-refractivity contribution in [3.63, 3.8) is 0 Å². The van der Waals surface area contributed by atoms with E-state index in [1.54, 1.807) is 23.5 Å². The molecule has 1 unspecified atom stereocenters. The SMILES string of the molecule is C[NH+](CC(=O)Nc1ccccc1[N+](=O)[O-])Cc1ccc(Br)s1. The first-order chi connectivity index (χ1) is 10.5. The van der Waals surface area contributed by atoms with Gasteiger partial charge in [0.15, 0.2) is 6.54 Å². The average Bonchev–Trinajstić information content (AvgIpc) is 2.83. The van der Waals surface area contributed by atoms with Crippen molar-refractivity contribution in [2.75, 3.05) is 18.9 Å². The number of nitro groups is 1. The summed E-state index contributed by atoms with van der Waals surface area (Å²) in [5.74, 6) is -0.248. The molecule has 2 N–H and O–H groups in total. The molecule has 0 aliphatic rings. The highest BCUT2D eigenvalue weighted by Crippen LogP contribution is 2.23. The van der Waals surface area contributed by atoms with Crippen LogP contribution >= 0.6 is 27.3 Å². The summed E-state index contributed by atoms with van der Waals surface area (Å²) in [6.45, 7) is 0.960. The minimum Gasteiger partial charge on any atom is -0.325 e. The van der Waals surface area contributed by atoms with E-state index in [0.29, 0.717) is 0 Å². The van der Waals surface area contributed by atoms with Gasteiger partial charge in [-0.05, 0) is 34.1 Å². The summed E-state index contributed by atoms with van der Waals surface area (Å²) in [6.07, 6.45) is 0. The molecule has 0 aliphatic carbocycles. The van der Waals surface area contributed by atoms with Crippen molar-refractivity contribution in [1.29, 1.82) is 0 Å². The Kier molecular flexibility index (Phi) is 5.64. The molecule has 1 aromatic heterocycles. The maximum atomic E-state index is 12.0. The van der Waals surface area contributed by atoms with Crippen LogP contribution in [-0.2, 0) is 11.3 Å². The molecule has 1 amide bonds. The molecule has 0 saturated carbocycles. The van der Waals surface area contributed by atoms with Crippen molar-refractivity contribution in [1.82, 2.24) is 0 Å². The van der Waals surface area contributed by atoms with Crippen LogP contribution in [0.3, 0.4) is 0 Å². The van der Waals surface area contributed by atoms with Crippen LogP contribution < -0.4 is 10.2 Å². The minimum absolute atomic E-state index is 0.101. The van der Waals surface area contributed by atoms with E-state index in [0.717, 1.165) is 15.2 Å². The van der Waals surface area contributed by atoms with Gasteiger partial charge in [-0.2, -0.15) is 0 Å². The summed E-state index contributed by atoms with van der Waals surface area (Å²) in [6, 6.07) is 10.1. The highest BCUT2D eigenvalue weighted by Gasteiger charge is 2.17. The van der Waals surface area contributed by atoms with E-state index >= 15 is 0 Å². The number of anilines is 1. The number of hydrogen-bond donors (Lipinski definition) is 2. The zero-order chi connectivity index (χ0) is 16.1. The number of nitrogens with one attached hydrogen (secondary N) is 2. The smallest absolute Gasteiger partial charge is 0.292 e. The lowest BCUT2D eigenvalue weighted by Gasteiger charge is -2.12. The van der Waals surface area contributed by atoms with Crippen LogP contribution in [0.25, 0.3) is 0 Å². The Labute approximate surface area is 140 Å². The molecular weight excluding hydrogens is 370 g/mol. The molecule has 1 aromatic carbocycles. The van der Waals surface area contributed by atoms with Gasteiger partial charge in [-0.15, -0.1) is 11.3 Å². The van der Waals surface area contributed by atoms with Crippen LogP contribution in [0.1, 0.15) is 4.88 Å². The maximum absolute atomic E-state index is 12.0. The van der Waals surface area contributed by atoms with Gasteiger partial charge in [-0.1, -0.05) is 12.1 Å². The Bertz CT molecular complexity index is 689. The number of likely N-dealkylation sites (N-methyl/N-ethyl adjacent to an activating group) is 1. The number of halogens is 1. The number of carbonyl (C=O) groups is 1. The van der Waals surface area contributed by atoms with Crippen LogP contribution in [0.5, 0.6) is 0 Å². The highest BCUT2D eigenvalue weighted by molar-refractivity contribution is 9.11. The van der Waals surface area contributed by atoms with Crippen LogP contribution in [0.2, 0.25) is 0 Å². The number of nitrogens with zero attached hydrogens (tertiary/aromatic N) is 1. The molecule has 0 radical (unpaired) electrons. The lowest BCUT2D eigenvalue weighted by Crippen LogP contribution is -3.08. The number of nitro benzene ring substituents is 1. The van der Waals surface area contributed by atoms with Crippen molar-refractivity contribution in [2.45, 2.75) is 6.54 Å². The molecule has 0 spiro atoms. The van der Waals surface area contributed by atoms with Gasteiger partial charge in [0, 0.05) is 6.07 Å². The van der Waals surface area contributed by atoms with Gasteiger partial charge >= 0.3 is 0 Å². The molecule has 2 aromatic rings. The largest absolute Gasteiger partial charge is 0.325 e. The van der Waals surface area contributed by atoms with E-state index in [2.05, 4.69) is 21.2 Å². The summed E-state index contributed by atoms with van der Waals surface area (Å²) < 4.78 is 1.06. The van der Waals surface area contributed by atoms with Gasteiger partial charge in [-0.25, -0.2) is 0 Å². The van der Waals surface area contributed by atoms with E-state index in [4.69, 9.17) is 0 Å². The summed E-state index contributed by atoms with van der Waals surface area (Å²) >= 11 is 5.03. The molecule has 0 fully saturated rings. The van der Waals surface area contributed by atoms with E-state index in [-0.39, 0.29) is 23.8 Å².